The van der Waals surface area contributed by atoms with E-state index in [9.17, 15) is 31.9 Å². The topological polar surface area (TPSA) is 66.9 Å². The number of imide groups is 1. The Bertz CT molecular complexity index is 805. The molecule has 6 nitrogen and oxygen atoms in total. The number of fused-ring (bicyclic) bond motifs is 1. The number of amides is 2. The summed E-state index contributed by atoms with van der Waals surface area (Å²) in [6, 6.07) is 6.33. The highest BCUT2D eigenvalue weighted by molar-refractivity contribution is 6.21. The Hall–Kier alpha value is -2.75. The minimum atomic E-state index is -5.09. The molecule has 2 aliphatic heterocycles. The standard InChI is InChI=1S/C18H16F4N2O4/c19-14(11-5-8-23(9-6-11)28-17(27)18(20,21)22)7-10-24-15(25)12-3-1-2-4-13(12)16(24)26/h1-4H,5-10H2. The van der Waals surface area contributed by atoms with Gasteiger partial charge in [-0.2, -0.15) is 13.2 Å². The van der Waals surface area contributed by atoms with E-state index in [2.05, 4.69) is 4.84 Å². The monoisotopic (exact) mass is 400 g/mol. The van der Waals surface area contributed by atoms with Gasteiger partial charge in [0.2, 0.25) is 0 Å². The molecule has 0 spiro atoms. The Morgan fingerprint density at radius 1 is 1.04 bits per heavy atom. The average Bonchev–Trinajstić information content (AvgIpc) is 2.90. The molecule has 2 amide bonds. The molecule has 150 valence electrons. The second-order valence-electron chi connectivity index (χ2n) is 6.37. The van der Waals surface area contributed by atoms with Crippen molar-refractivity contribution in [3.63, 3.8) is 0 Å². The fraction of sp³-hybridized carbons (Fsp3) is 0.389. The maximum absolute atomic E-state index is 14.4. The average molecular weight is 400 g/mol. The number of alkyl halides is 3. The van der Waals surface area contributed by atoms with Crippen molar-refractivity contribution in [3.8, 4) is 0 Å². The van der Waals surface area contributed by atoms with Crippen molar-refractivity contribution in [1.29, 1.82) is 0 Å². The van der Waals surface area contributed by atoms with Gasteiger partial charge in [0.05, 0.1) is 11.1 Å². The molecule has 2 heterocycles. The van der Waals surface area contributed by atoms with Gasteiger partial charge in [0, 0.05) is 26.1 Å². The predicted molar refractivity (Wildman–Crippen MR) is 87.5 cm³/mol. The molecule has 3 rings (SSSR count). The first-order chi connectivity index (χ1) is 13.2. The van der Waals surface area contributed by atoms with E-state index in [1.807, 2.05) is 0 Å². The lowest BCUT2D eigenvalue weighted by atomic mass is 10.0. The molecular formula is C18H16F4N2O4. The van der Waals surface area contributed by atoms with E-state index in [0.717, 1.165) is 9.96 Å². The maximum Gasteiger partial charge on any atom is 0.492 e. The van der Waals surface area contributed by atoms with Gasteiger partial charge in [0.15, 0.2) is 0 Å². The second kappa shape index (κ2) is 7.70. The Balaban J connectivity index is 1.54. The summed E-state index contributed by atoms with van der Waals surface area (Å²) in [5, 5.41) is 0.844. The molecule has 1 aromatic rings. The van der Waals surface area contributed by atoms with Crippen molar-refractivity contribution >= 4 is 17.8 Å². The summed E-state index contributed by atoms with van der Waals surface area (Å²) < 4.78 is 51.0. The summed E-state index contributed by atoms with van der Waals surface area (Å²) in [5.41, 5.74) is 0.927. The highest BCUT2D eigenvalue weighted by atomic mass is 19.4. The highest BCUT2D eigenvalue weighted by Crippen LogP contribution is 2.27. The Morgan fingerprint density at radius 3 is 2.07 bits per heavy atom. The van der Waals surface area contributed by atoms with Crippen LogP contribution in [-0.4, -0.2) is 53.6 Å². The zero-order valence-electron chi connectivity index (χ0n) is 14.6. The van der Waals surface area contributed by atoms with E-state index in [1.165, 1.54) is 12.1 Å². The van der Waals surface area contributed by atoms with Crippen molar-refractivity contribution in [3.05, 3.63) is 46.8 Å². The number of hydroxylamine groups is 2. The second-order valence-corrected chi connectivity index (χ2v) is 6.37. The number of hydrogen-bond acceptors (Lipinski definition) is 5. The van der Waals surface area contributed by atoms with Crippen molar-refractivity contribution in [2.75, 3.05) is 19.6 Å². The number of piperidine rings is 1. The van der Waals surface area contributed by atoms with Gasteiger partial charge in [-0.05, 0) is 30.5 Å². The van der Waals surface area contributed by atoms with E-state index in [1.54, 1.807) is 12.1 Å². The molecule has 2 aliphatic rings. The molecule has 1 fully saturated rings. The zero-order valence-corrected chi connectivity index (χ0v) is 14.6. The Morgan fingerprint density at radius 2 is 1.57 bits per heavy atom. The van der Waals surface area contributed by atoms with Gasteiger partial charge >= 0.3 is 12.1 Å². The lowest BCUT2D eigenvalue weighted by Crippen LogP contribution is -2.38. The molecule has 0 bridgehead atoms. The van der Waals surface area contributed by atoms with Gasteiger partial charge in [0.25, 0.3) is 11.8 Å². The van der Waals surface area contributed by atoms with Crippen molar-refractivity contribution < 1.29 is 36.8 Å². The molecule has 0 atom stereocenters. The molecule has 0 radical (unpaired) electrons. The van der Waals surface area contributed by atoms with Crippen LogP contribution in [0.5, 0.6) is 0 Å². The number of benzene rings is 1. The van der Waals surface area contributed by atoms with E-state index in [-0.39, 0.29) is 50.0 Å². The third kappa shape index (κ3) is 4.06. The number of carbonyl (C=O) groups is 3. The predicted octanol–water partition coefficient (Wildman–Crippen LogP) is 3.01. The minimum absolute atomic E-state index is 0.0718. The zero-order chi connectivity index (χ0) is 20.5. The molecule has 28 heavy (non-hydrogen) atoms. The lowest BCUT2D eigenvalue weighted by molar-refractivity contribution is -0.239. The first kappa shape index (κ1) is 20.0. The molecule has 0 N–H and O–H groups in total. The van der Waals surface area contributed by atoms with Crippen LogP contribution in [0.3, 0.4) is 0 Å². The number of halogens is 4. The van der Waals surface area contributed by atoms with Crippen molar-refractivity contribution in [2.45, 2.75) is 25.4 Å². The van der Waals surface area contributed by atoms with E-state index >= 15 is 0 Å². The van der Waals surface area contributed by atoms with Gasteiger partial charge < -0.3 is 4.84 Å². The number of rotatable bonds is 4. The minimum Gasteiger partial charge on any atom is -0.361 e. The fourth-order valence-corrected chi connectivity index (χ4v) is 3.12. The molecule has 0 unspecified atom stereocenters. The van der Waals surface area contributed by atoms with Gasteiger partial charge in [-0.15, -0.1) is 5.06 Å². The van der Waals surface area contributed by atoms with Gasteiger partial charge in [-0.3, -0.25) is 14.5 Å². The molecule has 0 aromatic heterocycles. The van der Waals surface area contributed by atoms with Crippen LogP contribution in [0.15, 0.2) is 35.7 Å². The van der Waals surface area contributed by atoms with Crippen LogP contribution >= 0.6 is 0 Å². The highest BCUT2D eigenvalue weighted by Gasteiger charge is 2.43. The smallest absolute Gasteiger partial charge is 0.361 e. The van der Waals surface area contributed by atoms with Crippen LogP contribution < -0.4 is 0 Å². The first-order valence-electron chi connectivity index (χ1n) is 8.54. The summed E-state index contributed by atoms with van der Waals surface area (Å²) in [6.07, 6.45) is -5.10. The van der Waals surface area contributed by atoms with Crippen molar-refractivity contribution in [1.82, 2.24) is 9.96 Å². The normalized spacial score (nSPS) is 17.7. The van der Waals surface area contributed by atoms with E-state index in [0.29, 0.717) is 5.57 Å². The summed E-state index contributed by atoms with van der Waals surface area (Å²) in [6.45, 7) is -0.274. The number of nitrogens with zero attached hydrogens (tertiary/aromatic N) is 2. The quantitative estimate of drug-likeness (QED) is 0.574. The molecule has 0 aliphatic carbocycles. The molecule has 10 heteroatoms. The van der Waals surface area contributed by atoms with Crippen LogP contribution in [0.2, 0.25) is 0 Å². The molecule has 1 saturated heterocycles. The third-order valence-corrected chi connectivity index (χ3v) is 4.59. The molecule has 1 aromatic carbocycles. The lowest BCUT2D eigenvalue weighted by Gasteiger charge is -2.27. The molecular weight excluding hydrogens is 384 g/mol. The van der Waals surface area contributed by atoms with Crippen LogP contribution in [0, 0.1) is 0 Å². The Labute approximate surface area is 157 Å². The largest absolute Gasteiger partial charge is 0.492 e. The van der Waals surface area contributed by atoms with E-state index < -0.39 is 29.8 Å². The van der Waals surface area contributed by atoms with Crippen LogP contribution in [0.4, 0.5) is 17.6 Å². The summed E-state index contributed by atoms with van der Waals surface area (Å²) in [5.74, 6) is -3.79. The number of hydrogen-bond donors (Lipinski definition) is 0. The Kier molecular flexibility index (Phi) is 5.50. The summed E-state index contributed by atoms with van der Waals surface area (Å²) >= 11 is 0. The van der Waals surface area contributed by atoms with Crippen LogP contribution in [-0.2, 0) is 9.63 Å². The summed E-state index contributed by atoms with van der Waals surface area (Å²) in [4.78, 5) is 40.5. The van der Waals surface area contributed by atoms with E-state index in [4.69, 9.17) is 0 Å². The van der Waals surface area contributed by atoms with Gasteiger partial charge in [-0.25, -0.2) is 9.18 Å². The van der Waals surface area contributed by atoms with Gasteiger partial charge in [-0.1, -0.05) is 12.1 Å². The maximum atomic E-state index is 14.4. The molecule has 0 saturated carbocycles. The van der Waals surface area contributed by atoms with Crippen LogP contribution in [0.25, 0.3) is 0 Å². The fourth-order valence-electron chi connectivity index (χ4n) is 3.12. The first-order valence-corrected chi connectivity index (χ1v) is 8.54. The van der Waals surface area contributed by atoms with Crippen molar-refractivity contribution in [2.24, 2.45) is 0 Å². The van der Waals surface area contributed by atoms with Gasteiger partial charge in [0.1, 0.15) is 5.83 Å². The SMILES string of the molecule is O=C1c2ccccc2C(=O)N1CCC(F)=C1CCN(OC(=O)C(F)(F)F)CC1. The third-order valence-electron chi connectivity index (χ3n) is 4.59. The van der Waals surface area contributed by atoms with Crippen LogP contribution in [0.1, 0.15) is 40.0 Å². The number of carbonyl (C=O) groups excluding carboxylic acids is 3. The summed E-state index contributed by atoms with van der Waals surface area (Å²) in [7, 11) is 0.